The van der Waals surface area contributed by atoms with E-state index in [9.17, 15) is 15.8 Å². The molecule has 0 radical (unpaired) electrons. The van der Waals surface area contributed by atoms with Gasteiger partial charge in [-0.25, -0.2) is 0 Å². The SMILES string of the molecule is N#Cc1ccc2c(c1)c1ccccc1n2-c1c(C#N)cccc1-c1ccc(-c2ccc(N3c4ccccc4C4C=CC=CC43)c(C#N)c2)cc1. The summed E-state index contributed by atoms with van der Waals surface area (Å²) in [4.78, 5) is 2.30. The van der Waals surface area contributed by atoms with E-state index in [1.807, 2.05) is 54.6 Å². The minimum Gasteiger partial charge on any atom is -0.332 e. The third-order valence-corrected chi connectivity index (χ3v) is 10.0. The van der Waals surface area contributed by atoms with Crippen molar-refractivity contribution in [1.82, 2.24) is 4.57 Å². The Morgan fingerprint density at radius 1 is 0.520 bits per heavy atom. The predicted molar refractivity (Wildman–Crippen MR) is 199 cm³/mol. The van der Waals surface area contributed by atoms with Gasteiger partial charge >= 0.3 is 0 Å². The highest BCUT2D eigenvalue weighted by Crippen LogP contribution is 2.48. The van der Waals surface area contributed by atoms with Crippen molar-refractivity contribution < 1.29 is 0 Å². The first kappa shape index (κ1) is 29.0. The molecule has 2 heterocycles. The maximum absolute atomic E-state index is 10.4. The molecule has 0 fully saturated rings. The minimum atomic E-state index is 0.121. The van der Waals surface area contributed by atoms with Crippen LogP contribution in [0.15, 0.2) is 152 Å². The number of fused-ring (bicyclic) bond motifs is 6. The fourth-order valence-corrected chi connectivity index (χ4v) is 7.82. The number of nitrogens with zero attached hydrogens (tertiary/aromatic N) is 5. The standard InChI is InChI=1S/C45H27N5/c46-26-29-16-22-44-39(24-29)38-11-3-6-15-43(38)50(44)45-33(27-47)8-7-12-35(45)31-19-17-30(18-20-31)32-21-23-40(34(25-32)28-48)49-41-13-4-1-9-36(41)37-10-2-5-14-42(37)49/h1-25,36,41H. The smallest absolute Gasteiger partial charge is 0.101 e. The summed E-state index contributed by atoms with van der Waals surface area (Å²) in [7, 11) is 0. The molecule has 0 amide bonds. The third-order valence-electron chi connectivity index (χ3n) is 10.0. The van der Waals surface area contributed by atoms with E-state index >= 15 is 0 Å². The molecule has 2 unspecified atom stereocenters. The molecule has 1 aliphatic carbocycles. The van der Waals surface area contributed by atoms with Crippen LogP contribution in [0.5, 0.6) is 0 Å². The number of para-hydroxylation sites is 3. The van der Waals surface area contributed by atoms with Crippen LogP contribution >= 0.6 is 0 Å². The van der Waals surface area contributed by atoms with E-state index in [1.165, 1.54) is 5.56 Å². The van der Waals surface area contributed by atoms with Crippen LogP contribution in [0.1, 0.15) is 28.2 Å². The zero-order chi connectivity index (χ0) is 33.8. The Morgan fingerprint density at radius 3 is 2.10 bits per heavy atom. The first-order valence-electron chi connectivity index (χ1n) is 16.5. The Labute approximate surface area is 289 Å². The second kappa shape index (κ2) is 11.5. The summed E-state index contributed by atoms with van der Waals surface area (Å²) in [6, 6.07) is 49.9. The normalized spacial score (nSPS) is 15.7. The number of anilines is 2. The van der Waals surface area contributed by atoms with Crippen LogP contribution in [0.3, 0.4) is 0 Å². The number of allylic oxidation sites excluding steroid dienone is 2. The molecule has 0 N–H and O–H groups in total. The molecule has 50 heavy (non-hydrogen) atoms. The van der Waals surface area contributed by atoms with Gasteiger partial charge in [-0.05, 0) is 70.8 Å². The van der Waals surface area contributed by atoms with Gasteiger partial charge in [-0.15, -0.1) is 0 Å². The molecule has 9 rings (SSSR count). The van der Waals surface area contributed by atoms with Gasteiger partial charge < -0.3 is 9.47 Å². The van der Waals surface area contributed by atoms with Crippen LogP contribution in [0.4, 0.5) is 11.4 Å². The van der Waals surface area contributed by atoms with Crippen LogP contribution in [-0.2, 0) is 0 Å². The largest absolute Gasteiger partial charge is 0.332 e. The van der Waals surface area contributed by atoms with Gasteiger partial charge in [0.1, 0.15) is 12.1 Å². The van der Waals surface area contributed by atoms with Crippen molar-refractivity contribution in [3.05, 3.63) is 174 Å². The van der Waals surface area contributed by atoms with E-state index in [0.717, 1.165) is 61.1 Å². The van der Waals surface area contributed by atoms with Gasteiger partial charge in [0.25, 0.3) is 0 Å². The monoisotopic (exact) mass is 637 g/mol. The summed E-state index contributed by atoms with van der Waals surface area (Å²) in [6.45, 7) is 0. The summed E-state index contributed by atoms with van der Waals surface area (Å²) < 4.78 is 2.14. The Balaban J connectivity index is 1.13. The maximum atomic E-state index is 10.4. The fraction of sp³-hybridized carbons (Fsp3) is 0.0444. The lowest BCUT2D eigenvalue weighted by atomic mass is 9.91. The molecule has 2 atom stereocenters. The Kier molecular flexibility index (Phi) is 6.70. The van der Waals surface area contributed by atoms with E-state index in [0.29, 0.717) is 16.7 Å². The zero-order valence-corrected chi connectivity index (χ0v) is 26.8. The molecule has 6 aromatic carbocycles. The molecule has 2 aliphatic rings. The van der Waals surface area contributed by atoms with Gasteiger partial charge in [-0.3, -0.25) is 0 Å². The highest BCUT2D eigenvalue weighted by Gasteiger charge is 2.37. The molecule has 7 aromatic rings. The minimum absolute atomic E-state index is 0.121. The highest BCUT2D eigenvalue weighted by atomic mass is 15.2. The average Bonchev–Trinajstić information content (AvgIpc) is 3.69. The van der Waals surface area contributed by atoms with E-state index < -0.39 is 0 Å². The van der Waals surface area contributed by atoms with E-state index in [2.05, 4.69) is 125 Å². The van der Waals surface area contributed by atoms with Gasteiger partial charge in [0.15, 0.2) is 0 Å². The average molecular weight is 638 g/mol. The topological polar surface area (TPSA) is 79.5 Å². The lowest BCUT2D eigenvalue weighted by Gasteiger charge is -2.29. The molecule has 0 spiro atoms. The van der Waals surface area contributed by atoms with Gasteiger partial charge in [0.2, 0.25) is 0 Å². The van der Waals surface area contributed by atoms with Gasteiger partial charge in [0, 0.05) is 27.9 Å². The Hall–Kier alpha value is -7.13. The molecular formula is C45H27N5. The number of hydrogen-bond acceptors (Lipinski definition) is 4. The van der Waals surface area contributed by atoms with Crippen molar-refractivity contribution in [2.45, 2.75) is 12.0 Å². The summed E-state index contributed by atoms with van der Waals surface area (Å²) >= 11 is 0. The second-order valence-corrected chi connectivity index (χ2v) is 12.6. The molecule has 0 bridgehead atoms. The van der Waals surface area contributed by atoms with Gasteiger partial charge in [-0.1, -0.05) is 103 Å². The third kappa shape index (κ3) is 4.37. The highest BCUT2D eigenvalue weighted by molar-refractivity contribution is 6.10. The molecule has 0 saturated carbocycles. The van der Waals surface area contributed by atoms with Crippen LogP contribution in [0.25, 0.3) is 49.7 Å². The number of benzene rings is 6. The van der Waals surface area contributed by atoms with E-state index in [4.69, 9.17) is 0 Å². The van der Waals surface area contributed by atoms with Crippen molar-refractivity contribution in [2.75, 3.05) is 4.90 Å². The number of hydrogen-bond donors (Lipinski definition) is 0. The van der Waals surface area contributed by atoms with Crippen molar-refractivity contribution >= 4 is 33.2 Å². The molecule has 5 heteroatoms. The van der Waals surface area contributed by atoms with Crippen LogP contribution in [-0.4, -0.2) is 10.6 Å². The molecule has 232 valence electrons. The number of nitriles is 3. The lowest BCUT2D eigenvalue weighted by Crippen LogP contribution is -2.29. The molecular weight excluding hydrogens is 611 g/mol. The number of rotatable bonds is 4. The van der Waals surface area contributed by atoms with Gasteiger partial charge in [0.05, 0.1) is 51.2 Å². The fourth-order valence-electron chi connectivity index (χ4n) is 7.82. The lowest BCUT2D eigenvalue weighted by molar-refractivity contribution is 0.744. The van der Waals surface area contributed by atoms with Crippen molar-refractivity contribution in [2.24, 2.45) is 0 Å². The summed E-state index contributed by atoms with van der Waals surface area (Å²) in [5.74, 6) is 0.247. The van der Waals surface area contributed by atoms with Crippen LogP contribution < -0.4 is 4.90 Å². The summed E-state index contributed by atoms with van der Waals surface area (Å²) in [5, 5.41) is 32.3. The first-order valence-corrected chi connectivity index (χ1v) is 16.5. The van der Waals surface area contributed by atoms with Gasteiger partial charge in [-0.2, -0.15) is 15.8 Å². The number of aromatic nitrogens is 1. The second-order valence-electron chi connectivity index (χ2n) is 12.6. The maximum Gasteiger partial charge on any atom is 0.101 e. The first-order chi connectivity index (χ1) is 24.7. The van der Waals surface area contributed by atoms with E-state index in [1.54, 1.807) is 0 Å². The van der Waals surface area contributed by atoms with Crippen molar-refractivity contribution in [3.63, 3.8) is 0 Å². The molecule has 5 nitrogen and oxygen atoms in total. The van der Waals surface area contributed by atoms with Crippen molar-refractivity contribution in [3.8, 4) is 46.1 Å². The van der Waals surface area contributed by atoms with E-state index in [-0.39, 0.29) is 12.0 Å². The molecule has 0 saturated heterocycles. The predicted octanol–water partition coefficient (Wildman–Crippen LogP) is 10.5. The summed E-state index contributed by atoms with van der Waals surface area (Å²) in [5.41, 5.74) is 11.6. The Bertz CT molecular complexity index is 2710. The molecule has 1 aromatic heterocycles. The van der Waals surface area contributed by atoms with Crippen LogP contribution in [0.2, 0.25) is 0 Å². The summed E-state index contributed by atoms with van der Waals surface area (Å²) in [6.07, 6.45) is 8.66. The zero-order valence-electron chi connectivity index (χ0n) is 26.8. The quantitative estimate of drug-likeness (QED) is 0.192. The Morgan fingerprint density at radius 2 is 1.26 bits per heavy atom. The van der Waals surface area contributed by atoms with Crippen LogP contribution in [0, 0.1) is 34.0 Å². The van der Waals surface area contributed by atoms with Crippen molar-refractivity contribution in [1.29, 1.82) is 15.8 Å². The molecule has 1 aliphatic heterocycles.